The first kappa shape index (κ1) is 14.8. The van der Waals surface area contributed by atoms with Crippen molar-refractivity contribution in [2.75, 3.05) is 27.4 Å². The van der Waals surface area contributed by atoms with E-state index < -0.39 is 0 Å². The van der Waals surface area contributed by atoms with Crippen molar-refractivity contribution in [3.05, 3.63) is 23.8 Å². The topological polar surface area (TPSA) is 39.7 Å². The van der Waals surface area contributed by atoms with Crippen molar-refractivity contribution in [3.8, 4) is 11.5 Å². The molecule has 0 heterocycles. The lowest BCUT2D eigenvalue weighted by Crippen LogP contribution is -2.19. The van der Waals surface area contributed by atoms with Gasteiger partial charge in [0.2, 0.25) is 0 Å². The van der Waals surface area contributed by atoms with E-state index in [4.69, 9.17) is 14.2 Å². The summed E-state index contributed by atoms with van der Waals surface area (Å²) in [4.78, 5) is 0. The van der Waals surface area contributed by atoms with Crippen molar-refractivity contribution >= 4 is 0 Å². The van der Waals surface area contributed by atoms with E-state index in [1.807, 2.05) is 32.0 Å². The van der Waals surface area contributed by atoms with E-state index in [0.717, 1.165) is 30.2 Å². The molecule has 1 N–H and O–H groups in total. The minimum absolute atomic E-state index is 0.148. The van der Waals surface area contributed by atoms with Crippen LogP contribution in [0.2, 0.25) is 0 Å². The Kier molecular flexibility index (Phi) is 6.54. The predicted molar refractivity (Wildman–Crippen MR) is 72.3 cm³/mol. The van der Waals surface area contributed by atoms with Crippen LogP contribution < -0.4 is 14.8 Å². The molecule has 1 rings (SSSR count). The van der Waals surface area contributed by atoms with E-state index in [1.54, 1.807) is 14.2 Å². The lowest BCUT2D eigenvalue weighted by atomic mass is 10.2. The first-order valence-electron chi connectivity index (χ1n) is 6.20. The number of hydrogen-bond acceptors (Lipinski definition) is 4. The summed E-state index contributed by atoms with van der Waals surface area (Å²) in [6.45, 7) is 6.32. The van der Waals surface area contributed by atoms with Gasteiger partial charge in [-0.15, -0.1) is 0 Å². The monoisotopic (exact) mass is 253 g/mol. The predicted octanol–water partition coefficient (Wildman–Crippen LogP) is 2.22. The quantitative estimate of drug-likeness (QED) is 0.721. The van der Waals surface area contributed by atoms with Gasteiger partial charge in [0, 0.05) is 31.8 Å². The molecule has 0 saturated heterocycles. The SMILES string of the molecule is COCCNCc1ccc(OC)cc1OC(C)C. The second-order valence-corrected chi connectivity index (χ2v) is 4.31. The molecule has 0 aliphatic heterocycles. The van der Waals surface area contributed by atoms with E-state index in [1.165, 1.54) is 0 Å². The maximum absolute atomic E-state index is 5.79. The highest BCUT2D eigenvalue weighted by Gasteiger charge is 2.07. The van der Waals surface area contributed by atoms with Crippen LogP contribution in [0.25, 0.3) is 0 Å². The molecule has 0 atom stereocenters. The van der Waals surface area contributed by atoms with Crippen molar-refractivity contribution < 1.29 is 14.2 Å². The van der Waals surface area contributed by atoms with Gasteiger partial charge in [-0.2, -0.15) is 0 Å². The van der Waals surface area contributed by atoms with Gasteiger partial charge < -0.3 is 19.5 Å². The molecular formula is C14H23NO3. The number of hydrogen-bond donors (Lipinski definition) is 1. The molecule has 0 aliphatic carbocycles. The van der Waals surface area contributed by atoms with Crippen LogP contribution in [0.1, 0.15) is 19.4 Å². The fraction of sp³-hybridized carbons (Fsp3) is 0.571. The zero-order chi connectivity index (χ0) is 13.4. The summed E-state index contributed by atoms with van der Waals surface area (Å²) in [6, 6.07) is 5.89. The molecule has 0 aliphatic rings. The second-order valence-electron chi connectivity index (χ2n) is 4.31. The van der Waals surface area contributed by atoms with Crippen molar-refractivity contribution in [1.82, 2.24) is 5.32 Å². The van der Waals surface area contributed by atoms with Gasteiger partial charge >= 0.3 is 0 Å². The Hall–Kier alpha value is -1.26. The van der Waals surface area contributed by atoms with Gasteiger partial charge in [0.25, 0.3) is 0 Å². The molecule has 4 nitrogen and oxygen atoms in total. The molecule has 102 valence electrons. The van der Waals surface area contributed by atoms with Crippen molar-refractivity contribution in [3.63, 3.8) is 0 Å². The third-order valence-corrected chi connectivity index (χ3v) is 2.44. The van der Waals surface area contributed by atoms with E-state index in [9.17, 15) is 0 Å². The molecule has 1 aromatic rings. The molecule has 4 heteroatoms. The van der Waals surface area contributed by atoms with Crippen molar-refractivity contribution in [1.29, 1.82) is 0 Å². The lowest BCUT2D eigenvalue weighted by Gasteiger charge is -2.16. The van der Waals surface area contributed by atoms with Crippen LogP contribution in [0.3, 0.4) is 0 Å². The van der Waals surface area contributed by atoms with Gasteiger partial charge in [-0.25, -0.2) is 0 Å². The number of benzene rings is 1. The van der Waals surface area contributed by atoms with Gasteiger partial charge in [0.05, 0.1) is 19.8 Å². The largest absolute Gasteiger partial charge is 0.497 e. The first-order chi connectivity index (χ1) is 8.67. The molecule has 0 saturated carbocycles. The van der Waals surface area contributed by atoms with Gasteiger partial charge in [0.1, 0.15) is 11.5 Å². The smallest absolute Gasteiger partial charge is 0.127 e. The van der Waals surface area contributed by atoms with Crippen LogP contribution >= 0.6 is 0 Å². The van der Waals surface area contributed by atoms with Crippen LogP contribution in [0, 0.1) is 0 Å². The summed E-state index contributed by atoms with van der Waals surface area (Å²) in [7, 11) is 3.35. The molecule has 0 aromatic heterocycles. The molecule has 0 spiro atoms. The normalized spacial score (nSPS) is 10.7. The Morgan fingerprint density at radius 3 is 2.61 bits per heavy atom. The summed E-state index contributed by atoms with van der Waals surface area (Å²) >= 11 is 0. The highest BCUT2D eigenvalue weighted by atomic mass is 16.5. The third-order valence-electron chi connectivity index (χ3n) is 2.44. The fourth-order valence-corrected chi connectivity index (χ4v) is 1.57. The summed E-state index contributed by atoms with van der Waals surface area (Å²) < 4.78 is 16.0. The highest BCUT2D eigenvalue weighted by molar-refractivity contribution is 5.40. The van der Waals surface area contributed by atoms with Crippen molar-refractivity contribution in [2.24, 2.45) is 0 Å². The minimum Gasteiger partial charge on any atom is -0.497 e. The summed E-state index contributed by atoms with van der Waals surface area (Å²) in [5, 5.41) is 3.31. The molecule has 0 radical (unpaired) electrons. The zero-order valence-corrected chi connectivity index (χ0v) is 11.7. The molecule has 0 amide bonds. The van der Waals surface area contributed by atoms with Gasteiger partial charge in [-0.3, -0.25) is 0 Å². The number of nitrogens with one attached hydrogen (secondary N) is 1. The maximum atomic E-state index is 5.79. The molecule has 0 fully saturated rings. The fourth-order valence-electron chi connectivity index (χ4n) is 1.57. The van der Waals surface area contributed by atoms with E-state index in [0.29, 0.717) is 6.61 Å². The van der Waals surface area contributed by atoms with Gasteiger partial charge in [-0.05, 0) is 19.9 Å². The molecular weight excluding hydrogens is 230 g/mol. The van der Waals surface area contributed by atoms with Crippen LogP contribution in [0.4, 0.5) is 0 Å². The Morgan fingerprint density at radius 2 is 2.00 bits per heavy atom. The average molecular weight is 253 g/mol. The van der Waals surface area contributed by atoms with E-state index in [-0.39, 0.29) is 6.10 Å². The van der Waals surface area contributed by atoms with Crippen LogP contribution in [0.15, 0.2) is 18.2 Å². The Labute approximate surface area is 109 Å². The summed E-state index contributed by atoms with van der Waals surface area (Å²) in [6.07, 6.45) is 0.148. The number of rotatable bonds is 8. The van der Waals surface area contributed by atoms with E-state index >= 15 is 0 Å². The zero-order valence-electron chi connectivity index (χ0n) is 11.7. The first-order valence-corrected chi connectivity index (χ1v) is 6.20. The third kappa shape index (κ3) is 4.94. The maximum Gasteiger partial charge on any atom is 0.127 e. The molecule has 1 aromatic carbocycles. The van der Waals surface area contributed by atoms with Gasteiger partial charge in [-0.1, -0.05) is 6.07 Å². The Bertz CT molecular complexity index is 353. The average Bonchev–Trinajstić information content (AvgIpc) is 2.35. The lowest BCUT2D eigenvalue weighted by molar-refractivity contribution is 0.198. The van der Waals surface area contributed by atoms with Gasteiger partial charge in [0.15, 0.2) is 0 Å². The van der Waals surface area contributed by atoms with Crippen LogP contribution in [-0.4, -0.2) is 33.5 Å². The summed E-state index contributed by atoms with van der Waals surface area (Å²) in [5.74, 6) is 1.68. The minimum atomic E-state index is 0.148. The molecule has 18 heavy (non-hydrogen) atoms. The standard InChI is InChI=1S/C14H23NO3/c1-11(2)18-14-9-13(17-4)6-5-12(14)10-15-7-8-16-3/h5-6,9,11,15H,7-8,10H2,1-4H3. The summed E-state index contributed by atoms with van der Waals surface area (Å²) in [5.41, 5.74) is 1.13. The number of ether oxygens (including phenoxy) is 3. The van der Waals surface area contributed by atoms with Crippen LogP contribution in [-0.2, 0) is 11.3 Å². The van der Waals surface area contributed by atoms with Crippen LogP contribution in [0.5, 0.6) is 11.5 Å². The Morgan fingerprint density at radius 1 is 1.22 bits per heavy atom. The number of methoxy groups -OCH3 is 2. The highest BCUT2D eigenvalue weighted by Crippen LogP contribution is 2.25. The van der Waals surface area contributed by atoms with E-state index in [2.05, 4.69) is 5.32 Å². The van der Waals surface area contributed by atoms with Crippen molar-refractivity contribution in [2.45, 2.75) is 26.5 Å². The molecule has 0 unspecified atom stereocenters. The Balaban J connectivity index is 2.68. The molecule has 0 bridgehead atoms. The second kappa shape index (κ2) is 7.95.